The molecule has 0 bridgehead atoms. The molecule has 0 spiro atoms. The average molecular weight is 285 g/mol. The molecule has 1 N–H and O–H groups in total. The topological polar surface area (TPSA) is 42.7 Å². The Hall–Kier alpha value is -1.10. The Bertz CT molecular complexity index is 539. The van der Waals surface area contributed by atoms with E-state index in [0.717, 1.165) is 11.4 Å². The molecule has 96 valence electrons. The summed E-state index contributed by atoms with van der Waals surface area (Å²) >= 11 is 11.9. The maximum absolute atomic E-state index is 5.99. The number of halogens is 2. The summed E-state index contributed by atoms with van der Waals surface area (Å²) in [6.45, 7) is 2.67. The summed E-state index contributed by atoms with van der Waals surface area (Å²) in [5.74, 6) is 0.768. The number of hydrogen-bond donors (Lipinski definition) is 1. The van der Waals surface area contributed by atoms with Crippen LogP contribution in [0, 0.1) is 0 Å². The minimum Gasteiger partial charge on any atom is -0.303 e. The van der Waals surface area contributed by atoms with Crippen molar-refractivity contribution in [2.24, 2.45) is 7.05 Å². The largest absolute Gasteiger partial charge is 0.303 e. The molecule has 1 aromatic heterocycles. The van der Waals surface area contributed by atoms with Gasteiger partial charge in [0.05, 0.1) is 16.6 Å². The van der Waals surface area contributed by atoms with Crippen LogP contribution in [0.2, 0.25) is 10.0 Å². The zero-order valence-corrected chi connectivity index (χ0v) is 11.7. The molecule has 18 heavy (non-hydrogen) atoms. The van der Waals surface area contributed by atoms with E-state index in [9.17, 15) is 0 Å². The van der Waals surface area contributed by atoms with Crippen LogP contribution in [0.3, 0.4) is 0 Å². The van der Waals surface area contributed by atoms with Gasteiger partial charge in [-0.25, -0.2) is 4.98 Å². The summed E-state index contributed by atoms with van der Waals surface area (Å²) in [7, 11) is 1.85. The van der Waals surface area contributed by atoms with E-state index in [-0.39, 0.29) is 6.04 Å². The van der Waals surface area contributed by atoms with E-state index in [1.807, 2.05) is 19.2 Å². The lowest BCUT2D eigenvalue weighted by molar-refractivity contribution is 0.556. The number of rotatable bonds is 4. The van der Waals surface area contributed by atoms with Crippen LogP contribution in [0.5, 0.6) is 0 Å². The summed E-state index contributed by atoms with van der Waals surface area (Å²) in [6.07, 6.45) is 1.68. The molecular weight excluding hydrogens is 271 g/mol. The first kappa shape index (κ1) is 13.3. The molecule has 0 fully saturated rings. The van der Waals surface area contributed by atoms with Crippen molar-refractivity contribution in [3.63, 3.8) is 0 Å². The SMILES string of the molecule is CC(NCc1ncn(C)n1)c1ccc(Cl)c(Cl)c1. The number of aryl methyl sites for hydroxylation is 1. The van der Waals surface area contributed by atoms with E-state index in [1.54, 1.807) is 17.1 Å². The molecule has 2 rings (SSSR count). The average Bonchev–Trinajstić information content (AvgIpc) is 2.75. The van der Waals surface area contributed by atoms with Gasteiger partial charge in [0.15, 0.2) is 5.82 Å². The third kappa shape index (κ3) is 3.22. The monoisotopic (exact) mass is 284 g/mol. The van der Waals surface area contributed by atoms with Crippen molar-refractivity contribution in [3.05, 3.63) is 46.0 Å². The van der Waals surface area contributed by atoms with Crippen molar-refractivity contribution in [3.8, 4) is 0 Å². The van der Waals surface area contributed by atoms with Crippen LogP contribution in [0.4, 0.5) is 0 Å². The smallest absolute Gasteiger partial charge is 0.164 e. The Morgan fingerprint density at radius 2 is 2.11 bits per heavy atom. The molecule has 0 radical (unpaired) electrons. The molecular formula is C12H14Cl2N4. The summed E-state index contributed by atoms with van der Waals surface area (Å²) in [4.78, 5) is 4.16. The lowest BCUT2D eigenvalue weighted by Crippen LogP contribution is -2.19. The van der Waals surface area contributed by atoms with Crippen molar-refractivity contribution < 1.29 is 0 Å². The number of nitrogens with zero attached hydrogens (tertiary/aromatic N) is 3. The van der Waals surface area contributed by atoms with Gasteiger partial charge in [-0.15, -0.1) is 0 Å². The predicted molar refractivity (Wildman–Crippen MR) is 72.7 cm³/mol. The lowest BCUT2D eigenvalue weighted by atomic mass is 10.1. The van der Waals surface area contributed by atoms with E-state index in [1.165, 1.54) is 0 Å². The first-order valence-corrected chi connectivity index (χ1v) is 6.34. The van der Waals surface area contributed by atoms with Crippen LogP contribution in [0.1, 0.15) is 24.4 Å². The molecule has 1 heterocycles. The molecule has 4 nitrogen and oxygen atoms in total. The van der Waals surface area contributed by atoms with Crippen LogP contribution in [0.25, 0.3) is 0 Å². The highest BCUT2D eigenvalue weighted by Gasteiger charge is 2.08. The predicted octanol–water partition coefficient (Wildman–Crippen LogP) is 2.97. The zero-order chi connectivity index (χ0) is 13.1. The van der Waals surface area contributed by atoms with Crippen LogP contribution in [0.15, 0.2) is 24.5 Å². The summed E-state index contributed by atoms with van der Waals surface area (Å²) in [5.41, 5.74) is 1.08. The quantitative estimate of drug-likeness (QED) is 0.939. The van der Waals surface area contributed by atoms with Crippen LogP contribution in [-0.2, 0) is 13.6 Å². The summed E-state index contributed by atoms with van der Waals surface area (Å²) in [6, 6.07) is 5.78. The maximum atomic E-state index is 5.99. The fourth-order valence-electron chi connectivity index (χ4n) is 1.61. The number of hydrogen-bond acceptors (Lipinski definition) is 3. The first-order chi connectivity index (χ1) is 8.56. The van der Waals surface area contributed by atoms with E-state index in [4.69, 9.17) is 23.2 Å². The van der Waals surface area contributed by atoms with Gasteiger partial charge < -0.3 is 5.32 Å². The first-order valence-electron chi connectivity index (χ1n) is 5.59. The lowest BCUT2D eigenvalue weighted by Gasteiger charge is -2.13. The van der Waals surface area contributed by atoms with E-state index >= 15 is 0 Å². The van der Waals surface area contributed by atoms with Gasteiger partial charge in [0.25, 0.3) is 0 Å². The fraction of sp³-hybridized carbons (Fsp3) is 0.333. The van der Waals surface area contributed by atoms with Gasteiger partial charge in [-0.05, 0) is 24.6 Å². The number of aromatic nitrogens is 3. The van der Waals surface area contributed by atoms with Crippen LogP contribution < -0.4 is 5.32 Å². The van der Waals surface area contributed by atoms with E-state index in [0.29, 0.717) is 16.6 Å². The molecule has 0 aliphatic heterocycles. The van der Waals surface area contributed by atoms with Gasteiger partial charge in [-0.3, -0.25) is 4.68 Å². The van der Waals surface area contributed by atoms with Crippen molar-refractivity contribution in [1.82, 2.24) is 20.1 Å². The Morgan fingerprint density at radius 1 is 1.33 bits per heavy atom. The summed E-state index contributed by atoms with van der Waals surface area (Å²) in [5, 5.41) is 8.68. The normalized spacial score (nSPS) is 12.7. The second-order valence-corrected chi connectivity index (χ2v) is 4.93. The minimum atomic E-state index is 0.156. The molecule has 0 aliphatic carbocycles. The van der Waals surface area contributed by atoms with Gasteiger partial charge >= 0.3 is 0 Å². The van der Waals surface area contributed by atoms with Crippen molar-refractivity contribution in [1.29, 1.82) is 0 Å². The fourth-order valence-corrected chi connectivity index (χ4v) is 1.92. The zero-order valence-electron chi connectivity index (χ0n) is 10.2. The highest BCUT2D eigenvalue weighted by atomic mass is 35.5. The molecule has 0 saturated carbocycles. The molecule has 0 saturated heterocycles. The minimum absolute atomic E-state index is 0.156. The summed E-state index contributed by atoms with van der Waals surface area (Å²) < 4.78 is 1.68. The van der Waals surface area contributed by atoms with Gasteiger partial charge in [0.1, 0.15) is 6.33 Å². The van der Waals surface area contributed by atoms with Gasteiger partial charge in [0.2, 0.25) is 0 Å². The Morgan fingerprint density at radius 3 is 2.72 bits per heavy atom. The van der Waals surface area contributed by atoms with E-state index in [2.05, 4.69) is 22.3 Å². The van der Waals surface area contributed by atoms with Crippen LogP contribution >= 0.6 is 23.2 Å². The second-order valence-electron chi connectivity index (χ2n) is 4.11. The van der Waals surface area contributed by atoms with Crippen molar-refractivity contribution in [2.75, 3.05) is 0 Å². The highest BCUT2D eigenvalue weighted by molar-refractivity contribution is 6.42. The molecule has 1 unspecified atom stereocenters. The number of nitrogens with one attached hydrogen (secondary N) is 1. The molecule has 1 aromatic carbocycles. The molecule has 6 heteroatoms. The maximum Gasteiger partial charge on any atom is 0.164 e. The Labute approximate surface area is 116 Å². The van der Waals surface area contributed by atoms with Gasteiger partial charge in [-0.2, -0.15) is 5.10 Å². The highest BCUT2D eigenvalue weighted by Crippen LogP contribution is 2.25. The van der Waals surface area contributed by atoms with Gasteiger partial charge in [-0.1, -0.05) is 29.3 Å². The second kappa shape index (κ2) is 5.69. The Kier molecular flexibility index (Phi) is 4.22. The molecule has 0 amide bonds. The third-order valence-electron chi connectivity index (χ3n) is 2.66. The van der Waals surface area contributed by atoms with Crippen molar-refractivity contribution >= 4 is 23.2 Å². The molecule has 0 aliphatic rings. The molecule has 1 atom stereocenters. The third-order valence-corrected chi connectivity index (χ3v) is 3.40. The Balaban J connectivity index is 1.99. The van der Waals surface area contributed by atoms with Crippen LogP contribution in [-0.4, -0.2) is 14.8 Å². The van der Waals surface area contributed by atoms with Gasteiger partial charge in [0, 0.05) is 13.1 Å². The van der Waals surface area contributed by atoms with E-state index < -0.39 is 0 Å². The number of benzene rings is 1. The molecule has 2 aromatic rings. The van der Waals surface area contributed by atoms with Crippen molar-refractivity contribution in [2.45, 2.75) is 19.5 Å². The standard InChI is InChI=1S/C12H14Cl2N4/c1-8(9-3-4-10(13)11(14)5-9)15-6-12-16-7-18(2)17-12/h3-5,7-8,15H,6H2,1-2H3.